The van der Waals surface area contributed by atoms with Crippen LogP contribution in [0.5, 0.6) is 0 Å². The van der Waals surface area contributed by atoms with Crippen molar-refractivity contribution in [1.29, 1.82) is 0 Å². The molecule has 5 rings (SSSR count). The van der Waals surface area contributed by atoms with Gasteiger partial charge in [0.2, 0.25) is 0 Å². The van der Waals surface area contributed by atoms with Crippen LogP contribution in [0.4, 0.5) is 4.39 Å². The first-order chi connectivity index (χ1) is 16.7. The predicted octanol–water partition coefficient (Wildman–Crippen LogP) is 7.61. The Morgan fingerprint density at radius 2 is 2.03 bits per heavy atom. The summed E-state index contributed by atoms with van der Waals surface area (Å²) < 4.78 is 13.6. The highest BCUT2D eigenvalue weighted by Crippen LogP contribution is 2.39. The normalized spacial score (nSPS) is 19.4. The van der Waals surface area contributed by atoms with Gasteiger partial charge in [0, 0.05) is 41.5 Å². The average Bonchev–Trinajstić information content (AvgIpc) is 3.31. The number of fused-ring (bicyclic) bond motifs is 1. The van der Waals surface area contributed by atoms with Crippen molar-refractivity contribution in [3.63, 3.8) is 0 Å². The second kappa shape index (κ2) is 10.3. The van der Waals surface area contributed by atoms with Crippen molar-refractivity contribution in [2.75, 3.05) is 0 Å². The summed E-state index contributed by atoms with van der Waals surface area (Å²) in [7, 11) is 0. The largest absolute Gasteiger partial charge is 0.346 e. The van der Waals surface area contributed by atoms with E-state index in [4.69, 9.17) is 4.99 Å². The molecule has 5 heteroatoms. The van der Waals surface area contributed by atoms with Crippen LogP contribution in [-0.2, 0) is 0 Å². The van der Waals surface area contributed by atoms with Gasteiger partial charge in [0.15, 0.2) is 0 Å². The van der Waals surface area contributed by atoms with Crippen molar-refractivity contribution < 1.29 is 4.39 Å². The number of aromatic amines is 1. The molecule has 1 aliphatic carbocycles. The van der Waals surface area contributed by atoms with E-state index >= 15 is 0 Å². The highest BCUT2D eigenvalue weighted by atomic mass is 19.1. The maximum Gasteiger partial charge on any atom is 0.137 e. The molecule has 0 bridgehead atoms. The maximum absolute atomic E-state index is 13.6. The SMILES string of the molecule is CC=N/C(=C\C1CCC1)CCCC1C=NC(c2ccc(F)cc2)=C(c2ccnc3[nH]ccc23)C1. The molecule has 1 atom stereocenters. The van der Waals surface area contributed by atoms with Gasteiger partial charge in [-0.2, -0.15) is 0 Å². The highest BCUT2D eigenvalue weighted by Gasteiger charge is 2.22. The first-order valence-corrected chi connectivity index (χ1v) is 12.4. The van der Waals surface area contributed by atoms with E-state index in [0.717, 1.165) is 59.5 Å². The van der Waals surface area contributed by atoms with Gasteiger partial charge < -0.3 is 4.98 Å². The van der Waals surface area contributed by atoms with E-state index in [0.29, 0.717) is 5.92 Å². The minimum Gasteiger partial charge on any atom is -0.346 e. The van der Waals surface area contributed by atoms with E-state index in [2.05, 4.69) is 39.4 Å². The molecule has 0 saturated heterocycles. The van der Waals surface area contributed by atoms with Crippen LogP contribution in [0.2, 0.25) is 0 Å². The van der Waals surface area contributed by atoms with Crippen LogP contribution < -0.4 is 0 Å². The Morgan fingerprint density at radius 1 is 1.18 bits per heavy atom. The minimum atomic E-state index is -0.235. The van der Waals surface area contributed by atoms with Gasteiger partial charge >= 0.3 is 0 Å². The molecule has 0 amide bonds. The van der Waals surface area contributed by atoms with Gasteiger partial charge in [0.05, 0.1) is 5.70 Å². The number of halogens is 1. The molecule has 2 aliphatic rings. The van der Waals surface area contributed by atoms with E-state index < -0.39 is 0 Å². The van der Waals surface area contributed by atoms with Crippen LogP contribution in [-0.4, -0.2) is 22.4 Å². The van der Waals surface area contributed by atoms with Gasteiger partial charge in [-0.15, -0.1) is 0 Å². The third-order valence-electron chi connectivity index (χ3n) is 6.95. The zero-order valence-electron chi connectivity index (χ0n) is 19.7. The number of hydrogen-bond acceptors (Lipinski definition) is 3. The van der Waals surface area contributed by atoms with Crippen molar-refractivity contribution in [2.45, 2.75) is 51.9 Å². The fourth-order valence-corrected chi connectivity index (χ4v) is 4.94. The summed E-state index contributed by atoms with van der Waals surface area (Å²) in [6.45, 7) is 1.99. The molecule has 3 aromatic rings. The zero-order valence-corrected chi connectivity index (χ0v) is 19.7. The van der Waals surface area contributed by atoms with E-state index in [9.17, 15) is 4.39 Å². The lowest BCUT2D eigenvalue weighted by Gasteiger charge is -2.24. The number of pyridine rings is 1. The van der Waals surface area contributed by atoms with E-state index in [1.54, 1.807) is 0 Å². The molecule has 1 N–H and O–H groups in total. The summed E-state index contributed by atoms with van der Waals surface area (Å²) in [5.41, 5.74) is 6.31. The Labute approximate surface area is 200 Å². The fourth-order valence-electron chi connectivity index (χ4n) is 4.94. The molecule has 34 heavy (non-hydrogen) atoms. The fraction of sp³-hybridized carbons (Fsp3) is 0.345. The second-order valence-electron chi connectivity index (χ2n) is 9.30. The number of allylic oxidation sites excluding steroid dienone is 3. The summed E-state index contributed by atoms with van der Waals surface area (Å²) in [6.07, 6.45) is 18.2. The number of nitrogens with zero attached hydrogens (tertiary/aromatic N) is 3. The van der Waals surface area contributed by atoms with Gasteiger partial charge in [-0.1, -0.05) is 12.5 Å². The molecule has 0 spiro atoms. The van der Waals surface area contributed by atoms with E-state index in [1.165, 1.54) is 42.7 Å². The van der Waals surface area contributed by atoms with Crippen molar-refractivity contribution in [1.82, 2.24) is 9.97 Å². The third-order valence-corrected chi connectivity index (χ3v) is 6.95. The van der Waals surface area contributed by atoms with Gasteiger partial charge in [0.25, 0.3) is 0 Å². The second-order valence-corrected chi connectivity index (χ2v) is 9.30. The Morgan fingerprint density at radius 3 is 2.79 bits per heavy atom. The van der Waals surface area contributed by atoms with Crippen LogP contribution in [0.25, 0.3) is 22.3 Å². The number of benzene rings is 1. The van der Waals surface area contributed by atoms with Gasteiger partial charge in [-0.3, -0.25) is 9.98 Å². The number of aromatic nitrogens is 2. The predicted molar refractivity (Wildman–Crippen MR) is 139 cm³/mol. The lowest BCUT2D eigenvalue weighted by atomic mass is 9.84. The molecule has 174 valence electrons. The topological polar surface area (TPSA) is 53.4 Å². The Bertz CT molecular complexity index is 1260. The molecule has 0 radical (unpaired) electrons. The Kier molecular flexibility index (Phi) is 6.79. The summed E-state index contributed by atoms with van der Waals surface area (Å²) in [4.78, 5) is 17.2. The van der Waals surface area contributed by atoms with Crippen LogP contribution >= 0.6 is 0 Å². The quantitative estimate of drug-likeness (QED) is 0.350. The van der Waals surface area contributed by atoms with Gasteiger partial charge in [-0.05, 0) is 105 Å². The molecule has 1 unspecified atom stereocenters. The minimum absolute atomic E-state index is 0.235. The number of rotatable bonds is 8. The monoisotopic (exact) mass is 454 g/mol. The Balaban J connectivity index is 1.38. The Hall–Kier alpha value is -3.34. The van der Waals surface area contributed by atoms with E-state index in [1.807, 2.05) is 37.7 Å². The molecule has 1 aliphatic heterocycles. The van der Waals surface area contributed by atoms with Gasteiger partial charge in [-0.25, -0.2) is 9.37 Å². The number of nitrogens with one attached hydrogen (secondary N) is 1. The number of H-pyrrole nitrogens is 1. The molecule has 1 aromatic carbocycles. The first-order valence-electron chi connectivity index (χ1n) is 12.4. The molecule has 1 fully saturated rings. The average molecular weight is 455 g/mol. The summed E-state index contributed by atoms with van der Waals surface area (Å²) in [5, 5.41) is 1.09. The maximum atomic E-state index is 13.6. The van der Waals surface area contributed by atoms with E-state index in [-0.39, 0.29) is 5.82 Å². The molecule has 3 heterocycles. The van der Waals surface area contributed by atoms with Gasteiger partial charge in [0.1, 0.15) is 11.5 Å². The standard InChI is InChI=1S/C29H31FN4/c1-2-31-24(17-20-5-3-6-20)8-4-7-21-18-27(25-13-15-32-29-26(25)14-16-33-29)28(34-19-21)22-9-11-23(30)12-10-22/h2,9-17,19-21H,3-8,18H2,1H3,(H,32,33)/b24-17-,31-2?. The third kappa shape index (κ3) is 4.93. The summed E-state index contributed by atoms with van der Waals surface area (Å²) in [5.74, 6) is 0.844. The van der Waals surface area contributed by atoms with Crippen LogP contribution in [0, 0.1) is 17.7 Å². The number of aliphatic imine (C=N–C) groups is 2. The summed E-state index contributed by atoms with van der Waals surface area (Å²) in [6, 6.07) is 10.8. The van der Waals surface area contributed by atoms with Crippen LogP contribution in [0.15, 0.2) is 70.5 Å². The lowest BCUT2D eigenvalue weighted by molar-refractivity contribution is 0.385. The van der Waals surface area contributed by atoms with Crippen molar-refractivity contribution >= 4 is 34.7 Å². The van der Waals surface area contributed by atoms with Crippen molar-refractivity contribution in [3.05, 3.63) is 77.5 Å². The van der Waals surface area contributed by atoms with Crippen molar-refractivity contribution in [3.8, 4) is 0 Å². The zero-order chi connectivity index (χ0) is 23.3. The summed E-state index contributed by atoms with van der Waals surface area (Å²) >= 11 is 0. The van der Waals surface area contributed by atoms with Crippen LogP contribution in [0.1, 0.15) is 63.0 Å². The van der Waals surface area contributed by atoms with Crippen LogP contribution in [0.3, 0.4) is 0 Å². The molecular weight excluding hydrogens is 423 g/mol. The lowest BCUT2D eigenvalue weighted by Crippen LogP contribution is -2.11. The smallest absolute Gasteiger partial charge is 0.137 e. The molecule has 4 nitrogen and oxygen atoms in total. The van der Waals surface area contributed by atoms with Crippen molar-refractivity contribution in [2.24, 2.45) is 21.8 Å². The molecule has 1 saturated carbocycles. The number of hydrogen-bond donors (Lipinski definition) is 1. The first kappa shape index (κ1) is 22.5. The molecule has 2 aromatic heterocycles. The highest BCUT2D eigenvalue weighted by molar-refractivity contribution is 6.02. The molecular formula is C29H31FN4.